The van der Waals surface area contributed by atoms with E-state index in [4.69, 9.17) is 0 Å². The van der Waals surface area contributed by atoms with Crippen LogP contribution in [0.4, 0.5) is 0 Å². The summed E-state index contributed by atoms with van der Waals surface area (Å²) in [6.45, 7) is 0. The van der Waals surface area contributed by atoms with Crippen molar-refractivity contribution >= 4 is 29.1 Å². The van der Waals surface area contributed by atoms with Gasteiger partial charge in [-0.3, -0.25) is 0 Å². The molecule has 1 aliphatic rings. The first-order valence-corrected chi connectivity index (χ1v) is 10.8. The molecule has 1 saturated carbocycles. The molecular formula is C23H21O2P. The first-order valence-electron chi connectivity index (χ1n) is 8.99. The molecule has 3 aromatic carbocycles. The topological polar surface area (TPSA) is 40.1 Å². The summed E-state index contributed by atoms with van der Waals surface area (Å²) in [4.78, 5) is 12.6. The van der Waals surface area contributed by atoms with E-state index >= 15 is 0 Å². The number of benzene rings is 3. The first kappa shape index (κ1) is 17.0. The second kappa shape index (κ2) is 6.70. The van der Waals surface area contributed by atoms with E-state index in [9.17, 15) is 9.90 Å². The molecule has 0 radical (unpaired) electrons. The fourth-order valence-corrected chi connectivity index (χ4v) is 9.83. The summed E-state index contributed by atoms with van der Waals surface area (Å²) in [7, 11) is -2.41. The van der Waals surface area contributed by atoms with Gasteiger partial charge in [-0.2, -0.15) is 0 Å². The largest absolute Gasteiger partial charge is 0.546 e. The van der Waals surface area contributed by atoms with E-state index in [1.54, 1.807) is 0 Å². The molecule has 1 aliphatic carbocycles. The number of carboxylic acids is 1. The number of hydrogen-bond acceptors (Lipinski definition) is 2. The van der Waals surface area contributed by atoms with Gasteiger partial charge in [-0.15, -0.1) is 0 Å². The maximum atomic E-state index is 12.6. The highest BCUT2D eigenvalue weighted by Crippen LogP contribution is 2.72. The molecule has 130 valence electrons. The molecule has 3 heteroatoms. The molecule has 0 saturated heterocycles. The van der Waals surface area contributed by atoms with E-state index in [-0.39, 0.29) is 0 Å². The summed E-state index contributed by atoms with van der Waals surface area (Å²) in [5.74, 6) is -0.909. The highest BCUT2D eigenvalue weighted by atomic mass is 31.2. The van der Waals surface area contributed by atoms with Crippen molar-refractivity contribution in [2.24, 2.45) is 0 Å². The van der Waals surface area contributed by atoms with Gasteiger partial charge in [0.15, 0.2) is 0 Å². The number of carboxylic acid groups (broad SMARTS) is 1. The summed E-state index contributed by atoms with van der Waals surface area (Å²) in [5, 5.41) is 15.1. The van der Waals surface area contributed by atoms with Crippen LogP contribution in [0.15, 0.2) is 91.0 Å². The highest BCUT2D eigenvalue weighted by Gasteiger charge is 2.66. The third-order valence-corrected chi connectivity index (χ3v) is 10.8. The lowest BCUT2D eigenvalue weighted by Crippen LogP contribution is -2.60. The fourth-order valence-electron chi connectivity index (χ4n) is 4.33. The lowest BCUT2D eigenvalue weighted by atomic mass is 9.84. The van der Waals surface area contributed by atoms with Crippen LogP contribution >= 0.6 is 7.26 Å². The van der Waals surface area contributed by atoms with E-state index in [2.05, 4.69) is 36.4 Å². The summed E-state index contributed by atoms with van der Waals surface area (Å²) in [6.07, 6.45) is 2.27. The van der Waals surface area contributed by atoms with Gasteiger partial charge in [0.1, 0.15) is 28.3 Å². The average Bonchev–Trinajstić information content (AvgIpc) is 2.66. The summed E-state index contributed by atoms with van der Waals surface area (Å²) < 4.78 is 0. The van der Waals surface area contributed by atoms with Gasteiger partial charge in [0.2, 0.25) is 0 Å². The van der Waals surface area contributed by atoms with Crippen LogP contribution < -0.4 is 21.0 Å². The normalized spacial score (nSPS) is 15.8. The van der Waals surface area contributed by atoms with Crippen LogP contribution in [0.3, 0.4) is 0 Å². The lowest BCUT2D eigenvalue weighted by molar-refractivity contribution is -0.311. The van der Waals surface area contributed by atoms with Crippen molar-refractivity contribution in [3.63, 3.8) is 0 Å². The molecule has 2 nitrogen and oxygen atoms in total. The van der Waals surface area contributed by atoms with Gasteiger partial charge in [-0.05, 0) is 55.7 Å². The van der Waals surface area contributed by atoms with Gasteiger partial charge in [0, 0.05) is 0 Å². The second-order valence-electron chi connectivity index (χ2n) is 6.85. The zero-order chi connectivity index (χ0) is 18.0. The van der Waals surface area contributed by atoms with Crippen LogP contribution in [0.5, 0.6) is 0 Å². The van der Waals surface area contributed by atoms with E-state index in [0.717, 1.165) is 22.3 Å². The number of aliphatic carboxylic acids is 1. The monoisotopic (exact) mass is 360 g/mol. The van der Waals surface area contributed by atoms with Crippen LogP contribution in [0.2, 0.25) is 0 Å². The molecule has 0 heterocycles. The Morgan fingerprint density at radius 1 is 0.692 bits per heavy atom. The molecule has 4 rings (SSSR count). The molecule has 0 aliphatic heterocycles. The molecule has 1 fully saturated rings. The number of carbonyl (C=O) groups excluding carboxylic acids is 1. The summed E-state index contributed by atoms with van der Waals surface area (Å²) >= 11 is 0. The zero-order valence-electron chi connectivity index (χ0n) is 14.5. The Kier molecular flexibility index (Phi) is 4.38. The van der Waals surface area contributed by atoms with Gasteiger partial charge in [0.25, 0.3) is 0 Å². The molecule has 0 unspecified atom stereocenters. The molecule has 0 atom stereocenters. The van der Waals surface area contributed by atoms with Crippen molar-refractivity contribution in [1.29, 1.82) is 0 Å². The van der Waals surface area contributed by atoms with Crippen LogP contribution in [-0.4, -0.2) is 11.1 Å². The number of hydrogen-bond donors (Lipinski definition) is 0. The van der Waals surface area contributed by atoms with Gasteiger partial charge in [0.05, 0.1) is 5.97 Å². The fraction of sp³-hybridized carbons (Fsp3) is 0.174. The minimum absolute atomic E-state index is 0.668. The van der Waals surface area contributed by atoms with Gasteiger partial charge < -0.3 is 9.90 Å². The Morgan fingerprint density at radius 2 is 1.04 bits per heavy atom. The van der Waals surface area contributed by atoms with Crippen LogP contribution in [-0.2, 0) is 4.79 Å². The predicted octanol–water partition coefficient (Wildman–Crippen LogP) is 2.65. The SMILES string of the molecule is O=C([O-])C1([P+](c2ccccc2)(c2ccccc2)c2ccccc2)CCC1. The van der Waals surface area contributed by atoms with Crippen LogP contribution in [0.1, 0.15) is 19.3 Å². The van der Waals surface area contributed by atoms with E-state index in [0.29, 0.717) is 12.8 Å². The standard InChI is InChI=1S/C23H21O2P/c24-22(25)23(17-10-18-23)26(19-11-4-1-5-12-19,20-13-6-2-7-14-20)21-15-8-3-9-16-21/h1-9,11-16H,10,17-18H2. The van der Waals surface area contributed by atoms with Gasteiger partial charge in [-0.1, -0.05) is 54.6 Å². The van der Waals surface area contributed by atoms with E-state index in [1.807, 2.05) is 54.6 Å². The molecule has 26 heavy (non-hydrogen) atoms. The lowest BCUT2D eigenvalue weighted by Gasteiger charge is -2.50. The molecule has 0 bridgehead atoms. The van der Waals surface area contributed by atoms with Gasteiger partial charge >= 0.3 is 0 Å². The van der Waals surface area contributed by atoms with Crippen molar-refractivity contribution in [1.82, 2.24) is 0 Å². The van der Waals surface area contributed by atoms with Crippen LogP contribution in [0, 0.1) is 0 Å². The number of carbonyl (C=O) groups is 1. The average molecular weight is 360 g/mol. The predicted molar refractivity (Wildman–Crippen MR) is 107 cm³/mol. The Morgan fingerprint density at radius 3 is 1.27 bits per heavy atom. The molecule has 0 aromatic heterocycles. The number of rotatable bonds is 5. The van der Waals surface area contributed by atoms with E-state index in [1.165, 1.54) is 0 Å². The van der Waals surface area contributed by atoms with Crippen molar-refractivity contribution in [2.75, 3.05) is 0 Å². The van der Waals surface area contributed by atoms with Crippen molar-refractivity contribution in [3.05, 3.63) is 91.0 Å². The van der Waals surface area contributed by atoms with Crippen LogP contribution in [0.25, 0.3) is 0 Å². The van der Waals surface area contributed by atoms with Crippen molar-refractivity contribution in [3.8, 4) is 0 Å². The molecule has 0 amide bonds. The smallest absolute Gasteiger partial charge is 0.133 e. The quantitative estimate of drug-likeness (QED) is 0.657. The minimum atomic E-state index is -2.41. The highest BCUT2D eigenvalue weighted by molar-refractivity contribution is 7.97. The zero-order valence-corrected chi connectivity index (χ0v) is 15.4. The first-order chi connectivity index (χ1) is 12.7. The van der Waals surface area contributed by atoms with Crippen molar-refractivity contribution in [2.45, 2.75) is 24.4 Å². The van der Waals surface area contributed by atoms with Crippen molar-refractivity contribution < 1.29 is 9.90 Å². The summed E-state index contributed by atoms with van der Waals surface area (Å²) in [5.41, 5.74) is 0. The molecular weight excluding hydrogens is 339 g/mol. The maximum absolute atomic E-state index is 12.6. The third kappa shape index (κ3) is 2.33. The minimum Gasteiger partial charge on any atom is -0.546 e. The maximum Gasteiger partial charge on any atom is 0.133 e. The molecule has 3 aromatic rings. The Labute approximate surface area is 154 Å². The van der Waals surface area contributed by atoms with Gasteiger partial charge in [-0.25, -0.2) is 0 Å². The third-order valence-electron chi connectivity index (χ3n) is 5.63. The molecule has 0 spiro atoms. The van der Waals surface area contributed by atoms with E-state index < -0.39 is 18.4 Å². The Balaban J connectivity index is 2.13. The summed E-state index contributed by atoms with van der Waals surface area (Å²) in [6, 6.07) is 30.6. The molecule has 0 N–H and O–H groups in total. The Hall–Kier alpha value is -2.44. The Bertz CT molecular complexity index is 791. The second-order valence-corrected chi connectivity index (χ2v) is 10.6.